The van der Waals surface area contributed by atoms with Crippen molar-refractivity contribution >= 4 is 15.9 Å². The SMILES string of the molecule is CCNCC(Cc1ccccc1Br)C(CC)CC. The van der Waals surface area contributed by atoms with Crippen LogP contribution in [0.4, 0.5) is 0 Å². The van der Waals surface area contributed by atoms with Gasteiger partial charge in [0.25, 0.3) is 0 Å². The Bertz CT molecular complexity index is 334. The van der Waals surface area contributed by atoms with Crippen molar-refractivity contribution in [3.8, 4) is 0 Å². The van der Waals surface area contributed by atoms with Gasteiger partial charge in [-0.25, -0.2) is 0 Å². The van der Waals surface area contributed by atoms with E-state index in [-0.39, 0.29) is 0 Å². The number of benzene rings is 1. The fourth-order valence-corrected chi connectivity index (χ4v) is 3.08. The number of nitrogens with one attached hydrogen (secondary N) is 1. The van der Waals surface area contributed by atoms with Crippen molar-refractivity contribution in [2.24, 2.45) is 11.8 Å². The van der Waals surface area contributed by atoms with Gasteiger partial charge >= 0.3 is 0 Å². The van der Waals surface area contributed by atoms with E-state index < -0.39 is 0 Å². The summed E-state index contributed by atoms with van der Waals surface area (Å²) >= 11 is 3.67. The van der Waals surface area contributed by atoms with Gasteiger partial charge in [-0.2, -0.15) is 0 Å². The van der Waals surface area contributed by atoms with E-state index in [4.69, 9.17) is 0 Å². The zero-order valence-corrected chi connectivity index (χ0v) is 13.5. The molecular formula is C16H26BrN. The summed E-state index contributed by atoms with van der Waals surface area (Å²) in [7, 11) is 0. The standard InChI is InChI=1S/C16H26BrN/c1-4-13(5-2)15(12-18-6-3)11-14-9-7-8-10-16(14)17/h7-10,13,15,18H,4-6,11-12H2,1-3H3. The first-order valence-corrected chi connectivity index (χ1v) is 7.96. The van der Waals surface area contributed by atoms with Crippen LogP contribution < -0.4 is 5.32 Å². The summed E-state index contributed by atoms with van der Waals surface area (Å²) in [6.45, 7) is 9.00. The van der Waals surface area contributed by atoms with E-state index >= 15 is 0 Å². The maximum Gasteiger partial charge on any atom is 0.0207 e. The number of halogens is 1. The van der Waals surface area contributed by atoms with E-state index in [0.717, 1.165) is 24.9 Å². The zero-order chi connectivity index (χ0) is 13.4. The van der Waals surface area contributed by atoms with Gasteiger partial charge in [-0.1, -0.05) is 67.7 Å². The van der Waals surface area contributed by atoms with E-state index in [1.807, 2.05) is 0 Å². The predicted octanol–water partition coefficient (Wildman–Crippen LogP) is 4.65. The molecule has 0 spiro atoms. The highest BCUT2D eigenvalue weighted by molar-refractivity contribution is 9.10. The minimum Gasteiger partial charge on any atom is -0.317 e. The lowest BCUT2D eigenvalue weighted by atomic mass is 9.83. The van der Waals surface area contributed by atoms with E-state index in [0.29, 0.717) is 0 Å². The molecular weight excluding hydrogens is 286 g/mol. The Kier molecular flexibility index (Phi) is 7.60. The molecule has 0 heterocycles. The highest BCUT2D eigenvalue weighted by Gasteiger charge is 2.19. The largest absolute Gasteiger partial charge is 0.317 e. The monoisotopic (exact) mass is 311 g/mol. The second kappa shape index (κ2) is 8.71. The van der Waals surface area contributed by atoms with Crippen molar-refractivity contribution in [3.63, 3.8) is 0 Å². The van der Waals surface area contributed by atoms with Gasteiger partial charge in [-0.05, 0) is 43.0 Å². The van der Waals surface area contributed by atoms with E-state index in [1.54, 1.807) is 0 Å². The van der Waals surface area contributed by atoms with E-state index in [1.165, 1.54) is 29.3 Å². The summed E-state index contributed by atoms with van der Waals surface area (Å²) in [5.41, 5.74) is 1.44. The highest BCUT2D eigenvalue weighted by Crippen LogP contribution is 2.26. The van der Waals surface area contributed by atoms with E-state index in [9.17, 15) is 0 Å². The molecule has 0 radical (unpaired) electrons. The third-order valence-electron chi connectivity index (χ3n) is 3.81. The van der Waals surface area contributed by atoms with Crippen LogP contribution in [0, 0.1) is 11.8 Å². The summed E-state index contributed by atoms with van der Waals surface area (Å²) < 4.78 is 1.25. The fraction of sp³-hybridized carbons (Fsp3) is 0.625. The van der Waals surface area contributed by atoms with Gasteiger partial charge in [-0.15, -0.1) is 0 Å². The molecule has 1 aromatic carbocycles. The molecule has 1 N–H and O–H groups in total. The van der Waals surface area contributed by atoms with Gasteiger partial charge < -0.3 is 5.32 Å². The van der Waals surface area contributed by atoms with Gasteiger partial charge in [-0.3, -0.25) is 0 Å². The van der Waals surface area contributed by atoms with Crippen LogP contribution in [-0.4, -0.2) is 13.1 Å². The van der Waals surface area contributed by atoms with Crippen LogP contribution >= 0.6 is 15.9 Å². The Hall–Kier alpha value is -0.340. The topological polar surface area (TPSA) is 12.0 Å². The summed E-state index contributed by atoms with van der Waals surface area (Å²) in [6.07, 6.45) is 3.72. The normalized spacial score (nSPS) is 12.9. The number of rotatable bonds is 8. The number of hydrogen-bond acceptors (Lipinski definition) is 1. The van der Waals surface area contributed by atoms with Crippen LogP contribution in [0.15, 0.2) is 28.7 Å². The smallest absolute Gasteiger partial charge is 0.0207 e. The van der Waals surface area contributed by atoms with E-state index in [2.05, 4.69) is 66.3 Å². The van der Waals surface area contributed by atoms with Crippen molar-refractivity contribution in [1.82, 2.24) is 5.32 Å². The van der Waals surface area contributed by atoms with Gasteiger partial charge in [0, 0.05) is 4.47 Å². The fourth-order valence-electron chi connectivity index (χ4n) is 2.64. The Balaban J connectivity index is 2.74. The van der Waals surface area contributed by atoms with Crippen molar-refractivity contribution in [3.05, 3.63) is 34.3 Å². The van der Waals surface area contributed by atoms with Gasteiger partial charge in [0.1, 0.15) is 0 Å². The van der Waals surface area contributed by atoms with Crippen molar-refractivity contribution in [1.29, 1.82) is 0 Å². The lowest BCUT2D eigenvalue weighted by Crippen LogP contribution is -2.29. The van der Waals surface area contributed by atoms with Gasteiger partial charge in [0.15, 0.2) is 0 Å². The molecule has 18 heavy (non-hydrogen) atoms. The van der Waals surface area contributed by atoms with Gasteiger partial charge in [0.05, 0.1) is 0 Å². The predicted molar refractivity (Wildman–Crippen MR) is 84.0 cm³/mol. The molecule has 102 valence electrons. The molecule has 0 saturated heterocycles. The quantitative estimate of drug-likeness (QED) is 0.736. The lowest BCUT2D eigenvalue weighted by molar-refractivity contribution is 0.299. The van der Waals surface area contributed by atoms with Crippen LogP contribution in [0.1, 0.15) is 39.2 Å². The average molecular weight is 312 g/mol. The first-order chi connectivity index (χ1) is 8.72. The molecule has 1 rings (SSSR count). The second-order valence-corrected chi connectivity index (χ2v) is 5.79. The molecule has 0 aliphatic rings. The Labute approximate surface area is 120 Å². The minimum atomic E-state index is 0.735. The Morgan fingerprint density at radius 3 is 2.28 bits per heavy atom. The first kappa shape index (κ1) is 15.7. The molecule has 0 bridgehead atoms. The van der Waals surface area contributed by atoms with Crippen molar-refractivity contribution < 1.29 is 0 Å². The van der Waals surface area contributed by atoms with Crippen LogP contribution in [0.5, 0.6) is 0 Å². The molecule has 0 amide bonds. The summed E-state index contributed by atoms with van der Waals surface area (Å²) in [4.78, 5) is 0. The molecule has 2 heteroatoms. The summed E-state index contributed by atoms with van der Waals surface area (Å²) in [6, 6.07) is 8.61. The third kappa shape index (κ3) is 4.74. The average Bonchev–Trinajstić information content (AvgIpc) is 2.39. The Morgan fingerprint density at radius 2 is 1.72 bits per heavy atom. The number of hydrogen-bond donors (Lipinski definition) is 1. The molecule has 1 atom stereocenters. The van der Waals surface area contributed by atoms with Crippen LogP contribution in [0.25, 0.3) is 0 Å². The van der Waals surface area contributed by atoms with Crippen molar-refractivity contribution in [2.45, 2.75) is 40.0 Å². The summed E-state index contributed by atoms with van der Waals surface area (Å²) in [5, 5.41) is 3.52. The maximum absolute atomic E-state index is 3.67. The molecule has 0 fully saturated rings. The lowest BCUT2D eigenvalue weighted by Gasteiger charge is -2.26. The molecule has 0 saturated carbocycles. The summed E-state index contributed by atoms with van der Waals surface area (Å²) in [5.74, 6) is 1.55. The molecule has 1 aromatic rings. The van der Waals surface area contributed by atoms with Gasteiger partial charge in [0.2, 0.25) is 0 Å². The molecule has 0 aliphatic carbocycles. The first-order valence-electron chi connectivity index (χ1n) is 7.16. The molecule has 1 unspecified atom stereocenters. The maximum atomic E-state index is 3.67. The van der Waals surface area contributed by atoms with Crippen LogP contribution in [0.3, 0.4) is 0 Å². The van der Waals surface area contributed by atoms with Crippen LogP contribution in [0.2, 0.25) is 0 Å². The third-order valence-corrected chi connectivity index (χ3v) is 4.59. The molecule has 0 aromatic heterocycles. The highest BCUT2D eigenvalue weighted by atomic mass is 79.9. The second-order valence-electron chi connectivity index (χ2n) is 4.94. The van der Waals surface area contributed by atoms with Crippen molar-refractivity contribution in [2.75, 3.05) is 13.1 Å². The molecule has 1 nitrogen and oxygen atoms in total. The minimum absolute atomic E-state index is 0.735. The molecule has 0 aliphatic heterocycles. The Morgan fingerprint density at radius 1 is 1.06 bits per heavy atom. The zero-order valence-electron chi connectivity index (χ0n) is 11.9. The van der Waals surface area contributed by atoms with Crippen LogP contribution in [-0.2, 0) is 6.42 Å².